The summed E-state index contributed by atoms with van der Waals surface area (Å²) < 4.78 is 35.3. The fourth-order valence-electron chi connectivity index (χ4n) is 0.448. The van der Waals surface area contributed by atoms with Crippen LogP contribution in [0.3, 0.4) is 0 Å². The third-order valence-corrected chi connectivity index (χ3v) is 6.13. The highest BCUT2D eigenvalue weighted by atomic mass is 35.7. The van der Waals surface area contributed by atoms with Crippen LogP contribution in [0.5, 0.6) is 0 Å². The summed E-state index contributed by atoms with van der Waals surface area (Å²) in [5.74, 6) is 0. The minimum atomic E-state index is -4.45. The number of hydrogen-bond donors (Lipinski definition) is 1. The van der Waals surface area contributed by atoms with Gasteiger partial charge in [-0.15, -0.1) is 11.8 Å². The number of hydrogen-bond acceptors (Lipinski definition) is 8. The van der Waals surface area contributed by atoms with Crippen LogP contribution in [0.15, 0.2) is 4.99 Å². The molecule has 1 atom stereocenters. The Morgan fingerprint density at radius 1 is 1.62 bits per heavy atom. The first-order chi connectivity index (χ1) is 5.92. The van der Waals surface area contributed by atoms with E-state index >= 15 is 0 Å². The van der Waals surface area contributed by atoms with E-state index in [4.69, 9.17) is 5.73 Å². The maximum absolute atomic E-state index is 10.2. The lowest BCUT2D eigenvalue weighted by Gasteiger charge is -2.11. The van der Waals surface area contributed by atoms with Gasteiger partial charge in [-0.25, -0.2) is 4.99 Å². The van der Waals surface area contributed by atoms with Gasteiger partial charge in [0.05, 0.1) is 10.2 Å². The highest BCUT2D eigenvalue weighted by Crippen LogP contribution is 2.42. The smallest absolute Gasteiger partial charge is 0.211 e. The SMILES string of the molecule is CSC1=NC(N)=S(O[Cl+3]([O-])([O-])[O-])S1. The molecule has 0 saturated heterocycles. The summed E-state index contributed by atoms with van der Waals surface area (Å²) in [5.41, 5.74) is 5.33. The van der Waals surface area contributed by atoms with Gasteiger partial charge in [-0.05, 0) is 6.26 Å². The Kier molecular flexibility index (Phi) is 4.04. The molecular formula is C3H5ClN2O4S3. The summed E-state index contributed by atoms with van der Waals surface area (Å²) in [6, 6.07) is 0. The summed E-state index contributed by atoms with van der Waals surface area (Å²) in [6.07, 6.45) is 1.76. The van der Waals surface area contributed by atoms with Crippen molar-refractivity contribution in [2.24, 2.45) is 10.7 Å². The van der Waals surface area contributed by atoms with E-state index in [1.54, 1.807) is 6.26 Å². The second-order valence-electron chi connectivity index (χ2n) is 1.68. The van der Waals surface area contributed by atoms with Crippen molar-refractivity contribution in [1.29, 1.82) is 0 Å². The molecule has 6 nitrogen and oxygen atoms in total. The molecule has 0 radical (unpaired) electrons. The standard InChI is InChI=1S/C3H5ClN2O4S3/c1-11-3-6-2(5)13(12-3)10-4(7,8)9/h5H2,1H3. The van der Waals surface area contributed by atoms with Crippen LogP contribution in [0.4, 0.5) is 0 Å². The zero-order chi connectivity index (χ0) is 10.1. The molecule has 0 aromatic rings. The van der Waals surface area contributed by atoms with E-state index in [9.17, 15) is 14.0 Å². The van der Waals surface area contributed by atoms with Crippen molar-refractivity contribution in [3.8, 4) is 0 Å². The lowest BCUT2D eigenvalue weighted by atomic mass is 11.2. The van der Waals surface area contributed by atoms with E-state index in [-0.39, 0.29) is 5.11 Å². The molecule has 1 aliphatic rings. The van der Waals surface area contributed by atoms with Crippen molar-refractivity contribution in [3.05, 3.63) is 0 Å². The molecule has 0 fully saturated rings. The number of aliphatic imine (C=N–C) groups is 1. The van der Waals surface area contributed by atoms with Crippen molar-refractivity contribution in [2.45, 2.75) is 0 Å². The third-order valence-electron chi connectivity index (χ3n) is 0.828. The van der Waals surface area contributed by atoms with Crippen molar-refractivity contribution in [1.82, 2.24) is 0 Å². The number of nitrogens with two attached hydrogens (primary N) is 1. The minimum absolute atomic E-state index is 0.0151. The first kappa shape index (κ1) is 11.8. The van der Waals surface area contributed by atoms with Gasteiger partial charge >= 0.3 is 0 Å². The zero-order valence-corrected chi connectivity index (χ0v) is 9.47. The molecule has 0 bridgehead atoms. The van der Waals surface area contributed by atoms with Crippen molar-refractivity contribution < 1.29 is 28.0 Å². The van der Waals surface area contributed by atoms with Crippen LogP contribution < -0.4 is 19.7 Å². The third kappa shape index (κ3) is 3.73. The average molecular weight is 265 g/mol. The molecule has 1 aliphatic heterocycles. The summed E-state index contributed by atoms with van der Waals surface area (Å²) in [7, 11) is -4.73. The van der Waals surface area contributed by atoms with Gasteiger partial charge in [-0.2, -0.15) is 14.0 Å². The molecule has 13 heavy (non-hydrogen) atoms. The van der Waals surface area contributed by atoms with E-state index in [2.05, 4.69) is 8.73 Å². The number of rotatable bonds is 2. The van der Waals surface area contributed by atoms with Gasteiger partial charge in [-0.3, -0.25) is 5.73 Å². The van der Waals surface area contributed by atoms with E-state index < -0.39 is 20.0 Å². The molecule has 0 aromatic carbocycles. The summed E-state index contributed by atoms with van der Waals surface area (Å²) in [4.78, 5) is 3.79. The first-order valence-electron chi connectivity index (χ1n) is 2.71. The van der Waals surface area contributed by atoms with Gasteiger partial charge in [0.25, 0.3) is 0 Å². The Morgan fingerprint density at radius 2 is 2.23 bits per heavy atom. The molecular weight excluding hydrogens is 260 g/mol. The minimum Gasteiger partial charge on any atom is -0.279 e. The normalized spacial score (nSPS) is 23.6. The topological polar surface area (TPSA) is 117 Å². The van der Waals surface area contributed by atoms with Crippen LogP contribution in [-0.2, 0) is 3.74 Å². The Hall–Kier alpha value is 0.680. The maximum Gasteiger partial charge on any atom is 0.211 e. The highest BCUT2D eigenvalue weighted by Gasteiger charge is 2.30. The maximum atomic E-state index is 10.2. The van der Waals surface area contributed by atoms with Gasteiger partial charge in [-0.1, -0.05) is 0 Å². The van der Waals surface area contributed by atoms with Crippen LogP contribution in [0.1, 0.15) is 0 Å². The van der Waals surface area contributed by atoms with Crippen molar-refractivity contribution in [3.63, 3.8) is 0 Å². The van der Waals surface area contributed by atoms with E-state index in [0.29, 0.717) is 4.38 Å². The number of nitrogens with zero attached hydrogens (tertiary/aromatic N) is 1. The molecule has 0 saturated carbocycles. The summed E-state index contributed by atoms with van der Waals surface area (Å²) in [6.45, 7) is 0. The Balaban J connectivity index is 2.62. The lowest BCUT2D eigenvalue weighted by molar-refractivity contribution is -1.91. The molecule has 1 rings (SSSR count). The molecule has 0 amide bonds. The number of halogens is 1. The Morgan fingerprint density at radius 3 is 2.62 bits per heavy atom. The predicted octanol–water partition coefficient (Wildman–Crippen LogP) is -2.49. The van der Waals surface area contributed by atoms with E-state index in [1.165, 1.54) is 11.8 Å². The Labute approximate surface area is 86.8 Å². The molecule has 10 heteroatoms. The fraction of sp³-hybridized carbons (Fsp3) is 0.333. The van der Waals surface area contributed by atoms with Gasteiger partial charge in [0.15, 0.2) is 8.85 Å². The van der Waals surface area contributed by atoms with E-state index in [0.717, 1.165) is 10.8 Å². The largest absolute Gasteiger partial charge is 0.279 e. The second kappa shape index (κ2) is 4.47. The molecule has 0 spiro atoms. The van der Waals surface area contributed by atoms with Gasteiger partial charge < -0.3 is 0 Å². The molecule has 0 aliphatic carbocycles. The molecule has 2 N–H and O–H groups in total. The lowest BCUT2D eigenvalue weighted by Crippen LogP contribution is -2.60. The van der Waals surface area contributed by atoms with Crippen LogP contribution in [0.2, 0.25) is 0 Å². The van der Waals surface area contributed by atoms with Gasteiger partial charge in [0.1, 0.15) is 4.38 Å². The Bertz CT molecular complexity index is 274. The van der Waals surface area contributed by atoms with Crippen molar-refractivity contribution >= 4 is 41.8 Å². The van der Waals surface area contributed by atoms with Crippen LogP contribution >= 0.6 is 32.4 Å². The zero-order valence-electron chi connectivity index (χ0n) is 6.26. The highest BCUT2D eigenvalue weighted by molar-refractivity contribution is 8.91. The number of thioether (sulfide) groups is 1. The second-order valence-corrected chi connectivity index (χ2v) is 6.84. The van der Waals surface area contributed by atoms with Crippen LogP contribution in [0, 0.1) is 10.2 Å². The van der Waals surface area contributed by atoms with Gasteiger partial charge in [0, 0.05) is 10.8 Å². The first-order valence-corrected chi connectivity index (χ1v) is 7.65. The molecule has 0 aromatic heterocycles. The molecule has 1 unspecified atom stereocenters. The molecule has 1 heterocycles. The monoisotopic (exact) mass is 264 g/mol. The van der Waals surface area contributed by atoms with Crippen LogP contribution in [0.25, 0.3) is 0 Å². The average Bonchev–Trinajstić information content (AvgIpc) is 2.29. The van der Waals surface area contributed by atoms with Crippen molar-refractivity contribution in [2.75, 3.05) is 6.26 Å². The summed E-state index contributed by atoms with van der Waals surface area (Å²) >= 11 is 1.31. The van der Waals surface area contributed by atoms with Gasteiger partial charge in [0.2, 0.25) is 9.80 Å². The fourth-order valence-corrected chi connectivity index (χ4v) is 5.30. The molecule has 76 valence electrons. The van der Waals surface area contributed by atoms with E-state index in [1.807, 2.05) is 0 Å². The summed E-state index contributed by atoms with van der Waals surface area (Å²) in [5, 5.41) is 0.0151. The quantitative estimate of drug-likeness (QED) is 0.433. The van der Waals surface area contributed by atoms with Crippen LogP contribution in [-0.4, -0.2) is 15.7 Å². The predicted molar refractivity (Wildman–Crippen MR) is 46.4 cm³/mol.